The topological polar surface area (TPSA) is 80.9 Å². The van der Waals surface area contributed by atoms with Crippen molar-refractivity contribution in [1.82, 2.24) is 15.2 Å². The summed E-state index contributed by atoms with van der Waals surface area (Å²) < 4.78 is 5.30. The Morgan fingerprint density at radius 2 is 2.09 bits per heavy atom. The largest absolute Gasteiger partial charge is 0.436 e. The highest BCUT2D eigenvalue weighted by molar-refractivity contribution is 7.15. The van der Waals surface area contributed by atoms with Crippen molar-refractivity contribution in [3.63, 3.8) is 0 Å². The van der Waals surface area contributed by atoms with E-state index in [0.717, 1.165) is 5.01 Å². The van der Waals surface area contributed by atoms with Gasteiger partial charge in [0.15, 0.2) is 5.89 Å². The third kappa shape index (κ3) is 3.62. The molecule has 0 aliphatic heterocycles. The molecular weight excluding hydrogens is 312 g/mol. The first-order chi connectivity index (χ1) is 11.0. The Balaban J connectivity index is 1.70. The molecule has 0 atom stereocenters. The molecule has 2 aromatic heterocycles. The number of nitrogens with one attached hydrogen (secondary N) is 1. The fourth-order valence-corrected chi connectivity index (χ4v) is 3.04. The zero-order chi connectivity index (χ0) is 16.4. The molecule has 0 aliphatic rings. The standard InChI is InChI=1S/C16H16N4O2S/c1-9-5-4-6-12(7-9)8-13-19-20-16(23-13)18-15(21)14-10(2)17-11(3)22-14/h4-7H,8H2,1-3H3,(H,18,20,21). The Morgan fingerprint density at radius 1 is 1.26 bits per heavy atom. The van der Waals surface area contributed by atoms with Gasteiger partial charge in [0.1, 0.15) is 5.01 Å². The fraction of sp³-hybridized carbons (Fsp3) is 0.250. The van der Waals surface area contributed by atoms with Crippen LogP contribution >= 0.6 is 11.3 Å². The van der Waals surface area contributed by atoms with Crippen LogP contribution in [0.2, 0.25) is 0 Å². The number of hydrogen-bond acceptors (Lipinski definition) is 6. The number of carbonyl (C=O) groups excluding carboxylic acids is 1. The van der Waals surface area contributed by atoms with Gasteiger partial charge in [-0.3, -0.25) is 10.1 Å². The smallest absolute Gasteiger partial charge is 0.295 e. The van der Waals surface area contributed by atoms with Crippen LogP contribution in [0.25, 0.3) is 0 Å². The summed E-state index contributed by atoms with van der Waals surface area (Å²) in [6.07, 6.45) is 0.690. The highest BCUT2D eigenvalue weighted by Crippen LogP contribution is 2.20. The number of aromatic nitrogens is 3. The third-order valence-corrected chi connectivity index (χ3v) is 4.07. The number of nitrogens with zero attached hydrogens (tertiary/aromatic N) is 3. The number of hydrogen-bond donors (Lipinski definition) is 1. The van der Waals surface area contributed by atoms with Crippen LogP contribution < -0.4 is 5.32 Å². The summed E-state index contributed by atoms with van der Waals surface area (Å²) in [6.45, 7) is 5.49. The molecule has 0 aliphatic carbocycles. The summed E-state index contributed by atoms with van der Waals surface area (Å²) in [5, 5.41) is 12.1. The van der Waals surface area contributed by atoms with Gasteiger partial charge in [-0.25, -0.2) is 4.98 Å². The molecule has 118 valence electrons. The SMILES string of the molecule is Cc1cccc(Cc2nnc(NC(=O)c3oc(C)nc3C)s2)c1. The molecule has 0 unspecified atom stereocenters. The minimum absolute atomic E-state index is 0.206. The third-order valence-electron chi connectivity index (χ3n) is 3.23. The number of oxazole rings is 1. The molecule has 1 amide bonds. The number of benzene rings is 1. The van der Waals surface area contributed by atoms with Crippen LogP contribution in [-0.4, -0.2) is 21.1 Å². The van der Waals surface area contributed by atoms with Crippen molar-refractivity contribution in [3.8, 4) is 0 Å². The van der Waals surface area contributed by atoms with Gasteiger partial charge in [-0.15, -0.1) is 10.2 Å². The van der Waals surface area contributed by atoms with Crippen molar-refractivity contribution in [2.75, 3.05) is 5.32 Å². The lowest BCUT2D eigenvalue weighted by atomic mass is 10.1. The first-order valence-corrected chi connectivity index (χ1v) is 7.96. The lowest BCUT2D eigenvalue weighted by Crippen LogP contribution is -2.12. The summed E-state index contributed by atoms with van der Waals surface area (Å²) >= 11 is 1.35. The van der Waals surface area contributed by atoms with E-state index in [0.29, 0.717) is 23.1 Å². The van der Waals surface area contributed by atoms with Gasteiger partial charge >= 0.3 is 0 Å². The molecule has 1 aromatic carbocycles. The van der Waals surface area contributed by atoms with E-state index in [-0.39, 0.29) is 11.7 Å². The second-order valence-electron chi connectivity index (χ2n) is 5.27. The Hall–Kier alpha value is -2.54. The molecule has 0 fully saturated rings. The van der Waals surface area contributed by atoms with Crippen LogP contribution in [0.4, 0.5) is 5.13 Å². The van der Waals surface area contributed by atoms with Gasteiger partial charge in [0.2, 0.25) is 10.9 Å². The first-order valence-electron chi connectivity index (χ1n) is 7.14. The second-order valence-corrected chi connectivity index (χ2v) is 6.33. The van der Waals surface area contributed by atoms with E-state index in [9.17, 15) is 4.79 Å². The summed E-state index contributed by atoms with van der Waals surface area (Å²) in [6, 6.07) is 8.23. The van der Waals surface area contributed by atoms with Gasteiger partial charge in [-0.2, -0.15) is 0 Å². The van der Waals surface area contributed by atoms with E-state index in [4.69, 9.17) is 4.42 Å². The van der Waals surface area contributed by atoms with Gasteiger partial charge in [-0.05, 0) is 19.4 Å². The van der Waals surface area contributed by atoms with Gasteiger partial charge in [0.25, 0.3) is 5.91 Å². The highest BCUT2D eigenvalue weighted by atomic mass is 32.1. The number of rotatable bonds is 4. The Labute approximate surface area is 137 Å². The summed E-state index contributed by atoms with van der Waals surface area (Å²) in [5.41, 5.74) is 2.93. The van der Waals surface area contributed by atoms with Crippen LogP contribution in [0.5, 0.6) is 0 Å². The summed E-state index contributed by atoms with van der Waals surface area (Å²) in [7, 11) is 0. The lowest BCUT2D eigenvalue weighted by molar-refractivity contribution is 0.0994. The number of carbonyl (C=O) groups is 1. The van der Waals surface area contributed by atoms with E-state index < -0.39 is 0 Å². The van der Waals surface area contributed by atoms with Crippen LogP contribution in [-0.2, 0) is 6.42 Å². The number of amides is 1. The monoisotopic (exact) mass is 328 g/mol. The van der Waals surface area contributed by atoms with Crippen molar-refractivity contribution >= 4 is 22.4 Å². The van der Waals surface area contributed by atoms with Gasteiger partial charge < -0.3 is 4.42 Å². The van der Waals surface area contributed by atoms with Crippen molar-refractivity contribution in [2.45, 2.75) is 27.2 Å². The quantitative estimate of drug-likeness (QED) is 0.795. The van der Waals surface area contributed by atoms with Crippen LogP contribution in [0, 0.1) is 20.8 Å². The van der Waals surface area contributed by atoms with Crippen molar-refractivity contribution in [2.24, 2.45) is 0 Å². The van der Waals surface area contributed by atoms with Crippen molar-refractivity contribution < 1.29 is 9.21 Å². The van der Waals surface area contributed by atoms with E-state index in [1.165, 1.54) is 22.5 Å². The molecule has 3 aromatic rings. The predicted octanol–water partition coefficient (Wildman–Crippen LogP) is 3.29. The minimum Gasteiger partial charge on any atom is -0.436 e. The summed E-state index contributed by atoms with van der Waals surface area (Å²) in [5.74, 6) is 0.310. The Bertz CT molecular complexity index is 853. The first kappa shape index (κ1) is 15.4. The molecule has 3 rings (SSSR count). The van der Waals surface area contributed by atoms with Gasteiger partial charge in [-0.1, -0.05) is 41.2 Å². The lowest BCUT2D eigenvalue weighted by Gasteiger charge is -1.99. The predicted molar refractivity (Wildman–Crippen MR) is 87.8 cm³/mol. The molecule has 6 nitrogen and oxygen atoms in total. The molecule has 1 N–H and O–H groups in total. The summed E-state index contributed by atoms with van der Waals surface area (Å²) in [4.78, 5) is 16.2. The van der Waals surface area contributed by atoms with E-state index in [1.807, 2.05) is 12.1 Å². The van der Waals surface area contributed by atoms with Gasteiger partial charge in [0.05, 0.1) is 5.69 Å². The van der Waals surface area contributed by atoms with Crippen LogP contribution in [0.1, 0.15) is 38.3 Å². The number of anilines is 1. The van der Waals surface area contributed by atoms with Crippen molar-refractivity contribution in [1.29, 1.82) is 0 Å². The maximum Gasteiger partial charge on any atom is 0.295 e. The second kappa shape index (κ2) is 6.29. The van der Waals surface area contributed by atoms with E-state index >= 15 is 0 Å². The minimum atomic E-state index is -0.360. The highest BCUT2D eigenvalue weighted by Gasteiger charge is 2.17. The van der Waals surface area contributed by atoms with Crippen molar-refractivity contribution in [3.05, 3.63) is 57.7 Å². The maximum absolute atomic E-state index is 12.2. The molecule has 7 heteroatoms. The fourth-order valence-electron chi connectivity index (χ4n) is 2.27. The van der Waals surface area contributed by atoms with Crippen LogP contribution in [0.3, 0.4) is 0 Å². The number of aryl methyl sites for hydroxylation is 3. The normalized spacial score (nSPS) is 10.7. The van der Waals surface area contributed by atoms with E-state index in [1.54, 1.807) is 13.8 Å². The Kier molecular flexibility index (Phi) is 4.20. The van der Waals surface area contributed by atoms with E-state index in [2.05, 4.69) is 39.6 Å². The molecule has 2 heterocycles. The molecule has 0 saturated carbocycles. The molecular formula is C16H16N4O2S. The van der Waals surface area contributed by atoms with Crippen LogP contribution in [0.15, 0.2) is 28.7 Å². The zero-order valence-corrected chi connectivity index (χ0v) is 13.9. The average Bonchev–Trinajstić information content (AvgIpc) is 3.05. The molecule has 0 saturated heterocycles. The maximum atomic E-state index is 12.2. The Morgan fingerprint density at radius 3 is 2.78 bits per heavy atom. The molecule has 0 spiro atoms. The van der Waals surface area contributed by atoms with Gasteiger partial charge in [0, 0.05) is 13.3 Å². The molecule has 23 heavy (non-hydrogen) atoms. The molecule has 0 bridgehead atoms. The average molecular weight is 328 g/mol. The zero-order valence-electron chi connectivity index (χ0n) is 13.1. The molecule has 0 radical (unpaired) electrons.